The fraction of sp³-hybridized carbons (Fsp3) is 0.235. The van der Waals surface area contributed by atoms with E-state index in [4.69, 9.17) is 4.74 Å². The van der Waals surface area contributed by atoms with Gasteiger partial charge in [0.15, 0.2) is 6.10 Å². The third-order valence-corrected chi connectivity index (χ3v) is 4.04. The van der Waals surface area contributed by atoms with E-state index in [-0.39, 0.29) is 18.0 Å². The second-order valence-electron chi connectivity index (χ2n) is 4.69. The van der Waals surface area contributed by atoms with Crippen LogP contribution < -0.4 is 0 Å². The summed E-state index contributed by atoms with van der Waals surface area (Å²) in [5, 5.41) is 0.599. The summed E-state index contributed by atoms with van der Waals surface area (Å²) < 4.78 is 5.71. The van der Waals surface area contributed by atoms with Crippen LogP contribution in [0.2, 0.25) is 0 Å². The fourth-order valence-electron chi connectivity index (χ4n) is 1.88. The minimum absolute atomic E-state index is 0.162. The SMILES string of the molecule is CC(CBr)C(=O)OC(c1ccccc1)c1ccccc1. The van der Waals surface area contributed by atoms with Gasteiger partial charge < -0.3 is 4.74 Å². The van der Waals surface area contributed by atoms with Crippen LogP contribution in [0.15, 0.2) is 60.7 Å². The van der Waals surface area contributed by atoms with Crippen LogP contribution in [-0.4, -0.2) is 11.3 Å². The molecule has 2 aromatic rings. The molecule has 2 rings (SSSR count). The van der Waals surface area contributed by atoms with Crippen LogP contribution in [0.3, 0.4) is 0 Å². The third-order valence-electron chi connectivity index (χ3n) is 3.07. The minimum Gasteiger partial charge on any atom is -0.452 e. The van der Waals surface area contributed by atoms with E-state index >= 15 is 0 Å². The van der Waals surface area contributed by atoms with Crippen LogP contribution >= 0.6 is 15.9 Å². The lowest BCUT2D eigenvalue weighted by Crippen LogP contribution is -2.19. The Bertz CT molecular complexity index is 500. The van der Waals surface area contributed by atoms with Crippen molar-refractivity contribution in [2.75, 3.05) is 5.33 Å². The third kappa shape index (κ3) is 3.70. The summed E-state index contributed by atoms with van der Waals surface area (Å²) in [6.07, 6.45) is -0.355. The van der Waals surface area contributed by atoms with Crippen molar-refractivity contribution in [1.29, 1.82) is 0 Å². The smallest absolute Gasteiger partial charge is 0.310 e. The molecule has 0 saturated carbocycles. The Morgan fingerprint density at radius 3 is 1.85 bits per heavy atom. The molecule has 0 N–H and O–H groups in total. The van der Waals surface area contributed by atoms with E-state index in [1.807, 2.05) is 67.6 Å². The Kier molecular flexibility index (Phi) is 5.36. The first-order chi connectivity index (χ1) is 9.72. The molecule has 3 heteroatoms. The average molecular weight is 333 g/mol. The van der Waals surface area contributed by atoms with Crippen LogP contribution in [0.4, 0.5) is 0 Å². The molecule has 0 aliphatic carbocycles. The molecule has 20 heavy (non-hydrogen) atoms. The number of carbonyl (C=O) groups excluding carboxylic acids is 1. The number of rotatable bonds is 5. The number of carbonyl (C=O) groups is 1. The monoisotopic (exact) mass is 332 g/mol. The quantitative estimate of drug-likeness (QED) is 0.601. The van der Waals surface area contributed by atoms with Crippen molar-refractivity contribution < 1.29 is 9.53 Å². The fourth-order valence-corrected chi connectivity index (χ4v) is 2.14. The Morgan fingerprint density at radius 1 is 1.00 bits per heavy atom. The largest absolute Gasteiger partial charge is 0.452 e. The lowest BCUT2D eigenvalue weighted by Gasteiger charge is -2.20. The van der Waals surface area contributed by atoms with Crippen LogP contribution in [-0.2, 0) is 9.53 Å². The van der Waals surface area contributed by atoms with E-state index in [1.165, 1.54) is 0 Å². The first kappa shape index (κ1) is 14.8. The van der Waals surface area contributed by atoms with Gasteiger partial charge in [-0.1, -0.05) is 83.5 Å². The minimum atomic E-state index is -0.355. The lowest BCUT2D eigenvalue weighted by molar-refractivity contribution is -0.151. The molecule has 0 aliphatic rings. The van der Waals surface area contributed by atoms with Crippen LogP contribution in [0.1, 0.15) is 24.2 Å². The summed E-state index contributed by atoms with van der Waals surface area (Å²) >= 11 is 3.32. The number of halogens is 1. The zero-order valence-corrected chi connectivity index (χ0v) is 12.9. The molecule has 0 saturated heterocycles. The van der Waals surface area contributed by atoms with Gasteiger partial charge in [0.05, 0.1) is 5.92 Å². The highest BCUT2D eigenvalue weighted by atomic mass is 79.9. The molecular weight excluding hydrogens is 316 g/mol. The van der Waals surface area contributed by atoms with E-state index in [2.05, 4.69) is 15.9 Å². The Morgan fingerprint density at radius 2 is 1.45 bits per heavy atom. The van der Waals surface area contributed by atoms with E-state index < -0.39 is 0 Å². The van der Waals surface area contributed by atoms with Gasteiger partial charge in [0.1, 0.15) is 0 Å². The standard InChI is InChI=1S/C17H17BrO2/c1-13(12-18)17(19)20-16(14-8-4-2-5-9-14)15-10-6-3-7-11-15/h2-11,13,16H,12H2,1H3. The van der Waals surface area contributed by atoms with Crippen molar-refractivity contribution in [3.63, 3.8) is 0 Å². The highest BCUT2D eigenvalue weighted by Crippen LogP contribution is 2.27. The second kappa shape index (κ2) is 7.25. The molecule has 0 radical (unpaired) electrons. The summed E-state index contributed by atoms with van der Waals surface area (Å²) in [6, 6.07) is 19.6. The molecule has 2 aromatic carbocycles. The molecule has 0 heterocycles. The molecule has 0 bridgehead atoms. The van der Waals surface area contributed by atoms with Gasteiger partial charge in [0, 0.05) is 5.33 Å². The molecule has 1 atom stereocenters. The first-order valence-electron chi connectivity index (χ1n) is 6.58. The highest BCUT2D eigenvalue weighted by Gasteiger charge is 2.21. The molecule has 0 spiro atoms. The zero-order valence-electron chi connectivity index (χ0n) is 11.3. The van der Waals surface area contributed by atoms with Gasteiger partial charge in [-0.25, -0.2) is 0 Å². The van der Waals surface area contributed by atoms with Crippen LogP contribution in [0.5, 0.6) is 0 Å². The second-order valence-corrected chi connectivity index (χ2v) is 5.34. The summed E-state index contributed by atoms with van der Waals surface area (Å²) in [7, 11) is 0. The number of hydrogen-bond acceptors (Lipinski definition) is 2. The zero-order chi connectivity index (χ0) is 14.4. The number of alkyl halides is 1. The summed E-state index contributed by atoms with van der Waals surface area (Å²) in [4.78, 5) is 12.1. The van der Waals surface area contributed by atoms with Gasteiger partial charge in [-0.05, 0) is 11.1 Å². The number of ether oxygens (including phenoxy) is 1. The number of esters is 1. The van der Waals surface area contributed by atoms with Gasteiger partial charge in [-0.15, -0.1) is 0 Å². The van der Waals surface area contributed by atoms with Crippen molar-refractivity contribution in [3.05, 3.63) is 71.8 Å². The van der Waals surface area contributed by atoms with Crippen molar-refractivity contribution in [2.45, 2.75) is 13.0 Å². The molecule has 0 aromatic heterocycles. The van der Waals surface area contributed by atoms with Crippen molar-refractivity contribution in [3.8, 4) is 0 Å². The molecule has 0 aliphatic heterocycles. The summed E-state index contributed by atoms with van der Waals surface area (Å²) in [5.41, 5.74) is 1.96. The predicted octanol–water partition coefficient (Wildman–Crippen LogP) is 4.35. The summed E-state index contributed by atoms with van der Waals surface area (Å²) in [5.74, 6) is -0.357. The lowest BCUT2D eigenvalue weighted by atomic mass is 10.0. The Hall–Kier alpha value is -1.61. The maximum absolute atomic E-state index is 12.1. The van der Waals surface area contributed by atoms with Crippen molar-refractivity contribution >= 4 is 21.9 Å². The van der Waals surface area contributed by atoms with E-state index in [1.54, 1.807) is 0 Å². The van der Waals surface area contributed by atoms with Crippen LogP contribution in [0, 0.1) is 5.92 Å². The predicted molar refractivity (Wildman–Crippen MR) is 83.8 cm³/mol. The van der Waals surface area contributed by atoms with E-state index in [9.17, 15) is 4.79 Å². The maximum Gasteiger partial charge on any atom is 0.310 e. The van der Waals surface area contributed by atoms with E-state index in [0.717, 1.165) is 11.1 Å². The number of hydrogen-bond donors (Lipinski definition) is 0. The van der Waals surface area contributed by atoms with Crippen molar-refractivity contribution in [1.82, 2.24) is 0 Å². The van der Waals surface area contributed by atoms with Gasteiger partial charge in [0.25, 0.3) is 0 Å². The summed E-state index contributed by atoms with van der Waals surface area (Å²) in [6.45, 7) is 1.85. The van der Waals surface area contributed by atoms with Crippen molar-refractivity contribution in [2.24, 2.45) is 5.92 Å². The Labute approximate surface area is 127 Å². The van der Waals surface area contributed by atoms with E-state index in [0.29, 0.717) is 5.33 Å². The maximum atomic E-state index is 12.1. The number of benzene rings is 2. The van der Waals surface area contributed by atoms with Gasteiger partial charge in [-0.3, -0.25) is 4.79 Å². The van der Waals surface area contributed by atoms with Crippen LogP contribution in [0.25, 0.3) is 0 Å². The average Bonchev–Trinajstić information content (AvgIpc) is 2.53. The molecule has 104 valence electrons. The molecule has 0 amide bonds. The molecule has 0 fully saturated rings. The van der Waals surface area contributed by atoms with Gasteiger partial charge >= 0.3 is 5.97 Å². The molecular formula is C17H17BrO2. The van der Waals surface area contributed by atoms with Gasteiger partial charge in [0.2, 0.25) is 0 Å². The molecule has 1 unspecified atom stereocenters. The Balaban J connectivity index is 2.28. The highest BCUT2D eigenvalue weighted by molar-refractivity contribution is 9.09. The first-order valence-corrected chi connectivity index (χ1v) is 7.71. The van der Waals surface area contributed by atoms with Gasteiger partial charge in [-0.2, -0.15) is 0 Å². The normalized spacial score (nSPS) is 12.2. The topological polar surface area (TPSA) is 26.3 Å². The molecule has 2 nitrogen and oxygen atoms in total.